The molecule has 0 atom stereocenters. The molecule has 90 valence electrons. The van der Waals surface area contributed by atoms with Gasteiger partial charge in [-0.3, -0.25) is 4.79 Å². The van der Waals surface area contributed by atoms with E-state index in [9.17, 15) is 4.79 Å². The van der Waals surface area contributed by atoms with Gasteiger partial charge in [0.05, 0.1) is 0 Å². The molecule has 0 aliphatic heterocycles. The molecule has 4 aromatic rings. The molecule has 0 radical (unpaired) electrons. The summed E-state index contributed by atoms with van der Waals surface area (Å²) in [5.41, 5.74) is 2.45. The van der Waals surface area contributed by atoms with E-state index < -0.39 is 0 Å². The Balaban J connectivity index is 2.34. The molecule has 0 fully saturated rings. The number of fused-ring (bicyclic) bond motifs is 4. The fraction of sp³-hybridized carbons (Fsp3) is 0. The van der Waals surface area contributed by atoms with Gasteiger partial charge in [0.25, 0.3) is 5.52 Å². The van der Waals surface area contributed by atoms with Crippen LogP contribution in [0.25, 0.3) is 27.3 Å². The van der Waals surface area contributed by atoms with Gasteiger partial charge in [0.1, 0.15) is 5.52 Å². The Kier molecular flexibility index (Phi) is 1.97. The Morgan fingerprint density at radius 2 is 1.58 bits per heavy atom. The lowest BCUT2D eigenvalue weighted by atomic mass is 10.1. The number of pyridine rings is 1. The Hall–Kier alpha value is -2.68. The van der Waals surface area contributed by atoms with Gasteiger partial charge in [0.2, 0.25) is 5.52 Å². The Bertz CT molecular complexity index is 986. The molecule has 2 heterocycles. The van der Waals surface area contributed by atoms with Crippen molar-refractivity contribution in [2.75, 3.05) is 0 Å². The summed E-state index contributed by atoms with van der Waals surface area (Å²) in [5, 5.41) is 2.19. The highest BCUT2D eigenvalue weighted by Crippen LogP contribution is 2.13. The first-order chi connectivity index (χ1) is 9.33. The van der Waals surface area contributed by atoms with E-state index in [4.69, 9.17) is 0 Å². The highest BCUT2D eigenvalue weighted by molar-refractivity contribution is 5.84. The quantitative estimate of drug-likeness (QED) is 0.289. The zero-order valence-electron chi connectivity index (χ0n) is 10.1. The second-order valence-electron chi connectivity index (χ2n) is 4.63. The van der Waals surface area contributed by atoms with E-state index in [0.717, 1.165) is 21.8 Å². The number of hydrogen-bond acceptors (Lipinski definition) is 1. The van der Waals surface area contributed by atoms with E-state index in [1.54, 1.807) is 0 Å². The van der Waals surface area contributed by atoms with Crippen molar-refractivity contribution in [1.82, 2.24) is 4.98 Å². The predicted octanol–water partition coefficient (Wildman–Crippen LogP) is 2.42. The maximum atomic E-state index is 12.2. The van der Waals surface area contributed by atoms with Crippen LogP contribution in [0.1, 0.15) is 0 Å². The van der Waals surface area contributed by atoms with Crippen LogP contribution in [-0.2, 0) is 0 Å². The van der Waals surface area contributed by atoms with Crippen LogP contribution < -0.4 is 9.96 Å². The number of benzene rings is 2. The first-order valence-corrected chi connectivity index (χ1v) is 6.18. The molecule has 2 aromatic heterocycles. The summed E-state index contributed by atoms with van der Waals surface area (Å²) in [4.78, 5) is 15.1. The average molecular weight is 247 g/mol. The lowest BCUT2D eigenvalue weighted by molar-refractivity contribution is -0.481. The van der Waals surface area contributed by atoms with E-state index in [0.29, 0.717) is 5.52 Å². The summed E-state index contributed by atoms with van der Waals surface area (Å²) >= 11 is 0. The van der Waals surface area contributed by atoms with Gasteiger partial charge < -0.3 is 4.98 Å². The van der Waals surface area contributed by atoms with Crippen LogP contribution in [0.2, 0.25) is 0 Å². The molecule has 1 N–H and O–H groups in total. The highest BCUT2D eigenvalue weighted by atomic mass is 16.1. The third kappa shape index (κ3) is 1.45. The maximum absolute atomic E-state index is 12.2. The van der Waals surface area contributed by atoms with Crippen molar-refractivity contribution in [2.24, 2.45) is 0 Å². The van der Waals surface area contributed by atoms with Crippen LogP contribution in [0, 0.1) is 0 Å². The minimum atomic E-state index is -0.0653. The second-order valence-corrected chi connectivity index (χ2v) is 4.63. The van der Waals surface area contributed by atoms with Gasteiger partial charge in [0.15, 0.2) is 6.20 Å². The normalized spacial score (nSPS) is 11.4. The Labute approximate surface area is 108 Å². The molecular weight excluding hydrogens is 236 g/mol. The third-order valence-corrected chi connectivity index (χ3v) is 3.46. The van der Waals surface area contributed by atoms with Crippen molar-refractivity contribution in [2.45, 2.75) is 0 Å². The second kappa shape index (κ2) is 3.65. The molecule has 3 heteroatoms. The van der Waals surface area contributed by atoms with Gasteiger partial charge in [-0.25, -0.2) is 0 Å². The van der Waals surface area contributed by atoms with Gasteiger partial charge in [-0.1, -0.05) is 30.3 Å². The van der Waals surface area contributed by atoms with Gasteiger partial charge in [-0.15, -0.1) is 0 Å². The molecule has 0 amide bonds. The number of para-hydroxylation sites is 2. The molecule has 0 saturated heterocycles. The monoisotopic (exact) mass is 247 g/mol. The summed E-state index contributed by atoms with van der Waals surface area (Å²) in [6, 6.07) is 17.8. The number of rotatable bonds is 0. The molecule has 0 saturated carbocycles. The van der Waals surface area contributed by atoms with Crippen LogP contribution in [0.4, 0.5) is 0 Å². The molecule has 0 aliphatic carbocycles. The minimum Gasteiger partial charge on any atom is -0.311 e. The molecule has 0 aliphatic rings. The van der Waals surface area contributed by atoms with Crippen molar-refractivity contribution in [3.8, 4) is 0 Å². The smallest absolute Gasteiger partial charge is 0.311 e. The summed E-state index contributed by atoms with van der Waals surface area (Å²) < 4.78 is 1.95. The first-order valence-electron chi connectivity index (χ1n) is 6.18. The SMILES string of the molecule is O=c1[nH]c2ccccc2[n+]2cc3ccccc3cc12. The van der Waals surface area contributed by atoms with Crippen LogP contribution in [0.15, 0.2) is 65.6 Å². The number of aromatic nitrogens is 2. The van der Waals surface area contributed by atoms with Gasteiger partial charge >= 0.3 is 5.56 Å². The summed E-state index contributed by atoms with van der Waals surface area (Å²) in [6.45, 7) is 0. The van der Waals surface area contributed by atoms with Crippen molar-refractivity contribution in [1.29, 1.82) is 0 Å². The van der Waals surface area contributed by atoms with E-state index in [1.807, 2.05) is 59.1 Å². The van der Waals surface area contributed by atoms with E-state index >= 15 is 0 Å². The van der Waals surface area contributed by atoms with Crippen LogP contribution in [0.3, 0.4) is 0 Å². The highest BCUT2D eigenvalue weighted by Gasteiger charge is 2.13. The maximum Gasteiger partial charge on any atom is 0.321 e. The van der Waals surface area contributed by atoms with Crippen LogP contribution in [-0.4, -0.2) is 4.98 Å². The molecule has 0 bridgehead atoms. The Morgan fingerprint density at radius 1 is 0.842 bits per heavy atom. The number of nitrogens with zero attached hydrogens (tertiary/aromatic N) is 1. The molecule has 2 aromatic carbocycles. The Morgan fingerprint density at radius 3 is 2.47 bits per heavy atom. The zero-order chi connectivity index (χ0) is 12.8. The molecule has 0 unspecified atom stereocenters. The zero-order valence-corrected chi connectivity index (χ0v) is 10.1. The van der Waals surface area contributed by atoms with Crippen LogP contribution in [0.5, 0.6) is 0 Å². The molecule has 19 heavy (non-hydrogen) atoms. The fourth-order valence-corrected chi connectivity index (χ4v) is 2.54. The average Bonchev–Trinajstić information content (AvgIpc) is 2.46. The summed E-state index contributed by atoms with van der Waals surface area (Å²) in [6.07, 6.45) is 2.02. The molecule has 3 nitrogen and oxygen atoms in total. The van der Waals surface area contributed by atoms with E-state index in [1.165, 1.54) is 0 Å². The lowest BCUT2D eigenvalue weighted by Crippen LogP contribution is -2.30. The first kappa shape index (κ1) is 10.3. The van der Waals surface area contributed by atoms with Gasteiger partial charge in [0, 0.05) is 17.5 Å². The van der Waals surface area contributed by atoms with Crippen molar-refractivity contribution < 1.29 is 4.40 Å². The molecular formula is C16H11N2O+. The molecule has 0 spiro atoms. The standard InChI is InChI=1S/C16H10N2O/c19-16-15-9-11-5-1-2-6-12(11)10-18(15)14-8-4-3-7-13(14)17-16/h1-10H/p+1. The van der Waals surface area contributed by atoms with Gasteiger partial charge in [-0.2, -0.15) is 4.40 Å². The topological polar surface area (TPSA) is 37.0 Å². The van der Waals surface area contributed by atoms with Gasteiger partial charge in [-0.05, 0) is 17.5 Å². The lowest BCUT2D eigenvalue weighted by Gasteiger charge is -1.99. The minimum absolute atomic E-state index is 0.0653. The van der Waals surface area contributed by atoms with Crippen molar-refractivity contribution in [3.05, 3.63) is 71.1 Å². The third-order valence-electron chi connectivity index (χ3n) is 3.46. The number of aromatic amines is 1. The number of hydrogen-bond donors (Lipinski definition) is 1. The fourth-order valence-electron chi connectivity index (χ4n) is 2.54. The summed E-state index contributed by atoms with van der Waals surface area (Å²) in [7, 11) is 0. The predicted molar refractivity (Wildman–Crippen MR) is 75.2 cm³/mol. The number of nitrogens with one attached hydrogen (secondary N) is 1. The van der Waals surface area contributed by atoms with Crippen molar-refractivity contribution >= 4 is 27.3 Å². The summed E-state index contributed by atoms with van der Waals surface area (Å²) in [5.74, 6) is 0. The largest absolute Gasteiger partial charge is 0.321 e. The van der Waals surface area contributed by atoms with Crippen molar-refractivity contribution in [3.63, 3.8) is 0 Å². The number of H-pyrrole nitrogens is 1. The van der Waals surface area contributed by atoms with E-state index in [2.05, 4.69) is 11.1 Å². The molecule has 4 rings (SSSR count). The van der Waals surface area contributed by atoms with Crippen LogP contribution >= 0.6 is 0 Å². The van der Waals surface area contributed by atoms with E-state index in [-0.39, 0.29) is 5.56 Å².